The monoisotopic (exact) mass is 246 g/mol. The van der Waals surface area contributed by atoms with Gasteiger partial charge in [0.15, 0.2) is 5.78 Å². The number of aromatic nitrogens is 1. The summed E-state index contributed by atoms with van der Waals surface area (Å²) in [5.74, 6) is 0.118. The number of pyridine rings is 1. The maximum Gasteiger partial charge on any atom is 0.180 e. The van der Waals surface area contributed by atoms with Gasteiger partial charge >= 0.3 is 0 Å². The molecule has 1 aliphatic heterocycles. The van der Waals surface area contributed by atoms with Gasteiger partial charge in [-0.05, 0) is 37.8 Å². The zero-order chi connectivity index (χ0) is 13.0. The van der Waals surface area contributed by atoms with Crippen molar-refractivity contribution in [2.75, 3.05) is 11.4 Å². The lowest BCUT2D eigenvalue weighted by molar-refractivity contribution is 0.0983. The van der Waals surface area contributed by atoms with Crippen LogP contribution in [-0.4, -0.2) is 23.4 Å². The Morgan fingerprint density at radius 2 is 2.22 bits per heavy atom. The van der Waals surface area contributed by atoms with Gasteiger partial charge in [-0.1, -0.05) is 13.8 Å². The topological polar surface area (TPSA) is 33.2 Å². The van der Waals surface area contributed by atoms with Gasteiger partial charge in [-0.15, -0.1) is 0 Å². The van der Waals surface area contributed by atoms with Gasteiger partial charge in [0.1, 0.15) is 5.69 Å². The van der Waals surface area contributed by atoms with Crippen molar-refractivity contribution < 1.29 is 4.79 Å². The normalized spacial score (nSPS) is 19.9. The first kappa shape index (κ1) is 13.1. The van der Waals surface area contributed by atoms with Crippen LogP contribution in [0.25, 0.3) is 0 Å². The fraction of sp³-hybridized carbons (Fsp3) is 0.600. The molecule has 0 spiro atoms. The molecule has 1 saturated heterocycles. The quantitative estimate of drug-likeness (QED) is 0.763. The van der Waals surface area contributed by atoms with Crippen LogP contribution in [0.15, 0.2) is 18.3 Å². The van der Waals surface area contributed by atoms with E-state index in [-0.39, 0.29) is 5.78 Å². The third-order valence-corrected chi connectivity index (χ3v) is 3.78. The van der Waals surface area contributed by atoms with Crippen LogP contribution in [-0.2, 0) is 0 Å². The SMILES string of the molecule is CCC(=O)c1ccc(N2CCCCC2CC)cn1. The van der Waals surface area contributed by atoms with Crippen LogP contribution in [0.4, 0.5) is 5.69 Å². The van der Waals surface area contributed by atoms with Gasteiger partial charge in [0.05, 0.1) is 11.9 Å². The zero-order valence-electron chi connectivity index (χ0n) is 11.4. The van der Waals surface area contributed by atoms with E-state index >= 15 is 0 Å². The highest BCUT2D eigenvalue weighted by molar-refractivity contribution is 5.94. The lowest BCUT2D eigenvalue weighted by Crippen LogP contribution is -2.39. The Balaban J connectivity index is 2.15. The van der Waals surface area contributed by atoms with Crippen molar-refractivity contribution in [3.8, 4) is 0 Å². The van der Waals surface area contributed by atoms with Crippen molar-refractivity contribution in [2.24, 2.45) is 0 Å². The smallest absolute Gasteiger partial charge is 0.180 e. The Morgan fingerprint density at radius 1 is 1.39 bits per heavy atom. The third kappa shape index (κ3) is 2.71. The third-order valence-electron chi connectivity index (χ3n) is 3.78. The van der Waals surface area contributed by atoms with Crippen molar-refractivity contribution in [3.05, 3.63) is 24.0 Å². The van der Waals surface area contributed by atoms with E-state index in [9.17, 15) is 4.79 Å². The fourth-order valence-electron chi connectivity index (χ4n) is 2.67. The van der Waals surface area contributed by atoms with E-state index in [1.807, 2.05) is 25.3 Å². The first-order valence-electron chi connectivity index (χ1n) is 7.02. The number of carbonyl (C=O) groups is 1. The standard InChI is InChI=1S/C15H22N2O/c1-3-12-7-5-6-10-17(12)13-8-9-14(16-11-13)15(18)4-2/h8-9,11-12H,3-7,10H2,1-2H3. The molecule has 1 aliphatic rings. The summed E-state index contributed by atoms with van der Waals surface area (Å²) in [5, 5.41) is 0. The lowest BCUT2D eigenvalue weighted by atomic mass is 9.99. The summed E-state index contributed by atoms with van der Waals surface area (Å²) in [5.41, 5.74) is 1.75. The maximum absolute atomic E-state index is 11.5. The summed E-state index contributed by atoms with van der Waals surface area (Å²) in [6.45, 7) is 5.22. The molecule has 3 heteroatoms. The summed E-state index contributed by atoms with van der Waals surface area (Å²) in [6.07, 6.45) is 7.41. The van der Waals surface area contributed by atoms with Crippen LogP contribution < -0.4 is 4.90 Å². The van der Waals surface area contributed by atoms with E-state index in [4.69, 9.17) is 0 Å². The zero-order valence-corrected chi connectivity index (χ0v) is 11.4. The van der Waals surface area contributed by atoms with Crippen molar-refractivity contribution in [2.45, 2.75) is 52.0 Å². The van der Waals surface area contributed by atoms with E-state index in [2.05, 4.69) is 16.8 Å². The van der Waals surface area contributed by atoms with Gasteiger partial charge in [0, 0.05) is 19.0 Å². The Morgan fingerprint density at radius 3 is 2.83 bits per heavy atom. The van der Waals surface area contributed by atoms with Crippen LogP contribution in [0, 0.1) is 0 Å². The average molecular weight is 246 g/mol. The fourth-order valence-corrected chi connectivity index (χ4v) is 2.67. The maximum atomic E-state index is 11.5. The molecular formula is C15H22N2O. The largest absolute Gasteiger partial charge is 0.367 e. The molecule has 1 aromatic rings. The summed E-state index contributed by atoms with van der Waals surface area (Å²) < 4.78 is 0. The summed E-state index contributed by atoms with van der Waals surface area (Å²) in [4.78, 5) is 18.3. The second-order valence-electron chi connectivity index (χ2n) is 4.93. The number of hydrogen-bond acceptors (Lipinski definition) is 3. The van der Waals surface area contributed by atoms with E-state index in [1.54, 1.807) is 0 Å². The average Bonchev–Trinajstić information content (AvgIpc) is 2.46. The van der Waals surface area contributed by atoms with Crippen molar-refractivity contribution in [1.29, 1.82) is 0 Å². The van der Waals surface area contributed by atoms with Crippen molar-refractivity contribution in [3.63, 3.8) is 0 Å². The van der Waals surface area contributed by atoms with Crippen LogP contribution >= 0.6 is 0 Å². The number of piperidine rings is 1. The number of Topliss-reactive ketones (excluding diaryl/α,β-unsaturated/α-hetero) is 1. The molecule has 3 nitrogen and oxygen atoms in total. The molecule has 0 amide bonds. The Labute approximate surface area is 109 Å². The molecule has 0 aromatic carbocycles. The first-order chi connectivity index (χ1) is 8.76. The van der Waals surface area contributed by atoms with Gasteiger partial charge in [-0.3, -0.25) is 9.78 Å². The summed E-state index contributed by atoms with van der Waals surface area (Å²) >= 11 is 0. The molecule has 1 aromatic heterocycles. The van der Waals surface area contributed by atoms with Gasteiger partial charge in [0.25, 0.3) is 0 Å². The number of rotatable bonds is 4. The summed E-state index contributed by atoms with van der Waals surface area (Å²) in [6, 6.07) is 4.54. The predicted octanol–water partition coefficient (Wildman–Crippen LogP) is 3.44. The molecule has 0 saturated carbocycles. The highest BCUT2D eigenvalue weighted by Crippen LogP contribution is 2.25. The van der Waals surface area contributed by atoms with E-state index in [0.717, 1.165) is 12.2 Å². The summed E-state index contributed by atoms with van der Waals surface area (Å²) in [7, 11) is 0. The molecular weight excluding hydrogens is 224 g/mol. The second-order valence-corrected chi connectivity index (χ2v) is 4.93. The van der Waals surface area contributed by atoms with Gasteiger partial charge < -0.3 is 4.90 Å². The highest BCUT2D eigenvalue weighted by Gasteiger charge is 2.21. The highest BCUT2D eigenvalue weighted by atomic mass is 16.1. The molecule has 1 fully saturated rings. The number of nitrogens with zero attached hydrogens (tertiary/aromatic N) is 2. The second kappa shape index (κ2) is 5.98. The van der Waals surface area contributed by atoms with E-state index < -0.39 is 0 Å². The number of hydrogen-bond donors (Lipinski definition) is 0. The molecule has 0 bridgehead atoms. The lowest BCUT2D eigenvalue weighted by Gasteiger charge is -2.37. The Kier molecular flexibility index (Phi) is 4.34. The predicted molar refractivity (Wildman–Crippen MR) is 74.1 cm³/mol. The minimum Gasteiger partial charge on any atom is -0.367 e. The number of ketones is 1. The Hall–Kier alpha value is -1.38. The molecule has 2 rings (SSSR count). The molecule has 2 heterocycles. The van der Waals surface area contributed by atoms with Gasteiger partial charge in [-0.2, -0.15) is 0 Å². The molecule has 0 aliphatic carbocycles. The van der Waals surface area contributed by atoms with Gasteiger partial charge in [-0.25, -0.2) is 0 Å². The molecule has 1 atom stereocenters. The van der Waals surface area contributed by atoms with Crippen LogP contribution in [0.5, 0.6) is 0 Å². The Bertz CT molecular complexity index is 399. The van der Waals surface area contributed by atoms with E-state index in [0.29, 0.717) is 18.2 Å². The minimum absolute atomic E-state index is 0.118. The van der Waals surface area contributed by atoms with Gasteiger partial charge in [0.2, 0.25) is 0 Å². The van der Waals surface area contributed by atoms with Crippen LogP contribution in [0.3, 0.4) is 0 Å². The van der Waals surface area contributed by atoms with Crippen molar-refractivity contribution >= 4 is 11.5 Å². The van der Waals surface area contributed by atoms with E-state index in [1.165, 1.54) is 25.7 Å². The molecule has 1 unspecified atom stereocenters. The molecule has 0 N–H and O–H groups in total. The minimum atomic E-state index is 0.118. The molecule has 18 heavy (non-hydrogen) atoms. The number of anilines is 1. The van der Waals surface area contributed by atoms with Crippen molar-refractivity contribution in [1.82, 2.24) is 4.98 Å². The van der Waals surface area contributed by atoms with Crippen LogP contribution in [0.1, 0.15) is 56.4 Å². The molecule has 0 radical (unpaired) electrons. The molecule has 98 valence electrons. The van der Waals surface area contributed by atoms with Crippen LogP contribution in [0.2, 0.25) is 0 Å². The first-order valence-corrected chi connectivity index (χ1v) is 7.02. The number of carbonyl (C=O) groups excluding carboxylic acids is 1.